The molecule has 0 aliphatic rings. The van der Waals surface area contributed by atoms with E-state index in [4.69, 9.17) is 0 Å². The maximum atomic E-state index is 11.2. The number of phenolic OH excluding ortho intramolecular Hbond substituents is 2. The highest BCUT2D eigenvalue weighted by Gasteiger charge is 2.25. The van der Waals surface area contributed by atoms with Gasteiger partial charge >= 0.3 is 0 Å². The van der Waals surface area contributed by atoms with Gasteiger partial charge in [0.15, 0.2) is 0 Å². The van der Waals surface area contributed by atoms with E-state index in [1.165, 1.54) is 12.1 Å². The summed E-state index contributed by atoms with van der Waals surface area (Å²) in [7, 11) is 0. The topological polar surface area (TPSA) is 90.1 Å². The summed E-state index contributed by atoms with van der Waals surface area (Å²) in [4.78, 5) is 15.0. The number of aromatic hydroxyl groups is 2. The van der Waals surface area contributed by atoms with E-state index in [1.54, 1.807) is 24.3 Å². The van der Waals surface area contributed by atoms with Crippen molar-refractivity contribution >= 4 is 17.1 Å². The molecule has 7 nitrogen and oxygen atoms in total. The van der Waals surface area contributed by atoms with Crippen molar-refractivity contribution in [3.63, 3.8) is 0 Å². The Bertz CT molecular complexity index is 1060. The lowest BCUT2D eigenvalue weighted by atomic mass is 9.83. The van der Waals surface area contributed by atoms with Gasteiger partial charge in [-0.15, -0.1) is 0 Å². The quantitative estimate of drug-likeness (QED) is 0.222. The summed E-state index contributed by atoms with van der Waals surface area (Å²) < 4.78 is 0. The van der Waals surface area contributed by atoms with Gasteiger partial charge in [0, 0.05) is 78.9 Å². The molecule has 0 saturated heterocycles. The van der Waals surface area contributed by atoms with Gasteiger partial charge in [-0.1, -0.05) is 24.3 Å². The van der Waals surface area contributed by atoms with E-state index in [0.29, 0.717) is 11.1 Å². The summed E-state index contributed by atoms with van der Waals surface area (Å²) in [6.07, 6.45) is 0. The van der Waals surface area contributed by atoms with E-state index in [1.807, 2.05) is 24.3 Å². The van der Waals surface area contributed by atoms with E-state index >= 15 is 0 Å². The first kappa shape index (κ1) is 24.9. The smallest absolute Gasteiger partial charge is 0.269 e. The summed E-state index contributed by atoms with van der Waals surface area (Å²) in [5, 5.41) is 33.3. The molecule has 0 saturated carbocycles. The first-order valence-corrected chi connectivity index (χ1v) is 11.7. The largest absolute Gasteiger partial charge is 0.508 e. The van der Waals surface area contributed by atoms with E-state index in [9.17, 15) is 20.3 Å². The number of hydrogen-bond acceptors (Lipinski definition) is 6. The Balaban J connectivity index is 2.15. The monoisotopic (exact) mass is 463 g/mol. The summed E-state index contributed by atoms with van der Waals surface area (Å²) >= 11 is 0. The third kappa shape index (κ3) is 5.09. The second-order valence-corrected chi connectivity index (χ2v) is 8.11. The minimum atomic E-state index is -0.502. The Labute approximate surface area is 201 Å². The van der Waals surface area contributed by atoms with Crippen LogP contribution in [0.4, 0.5) is 17.1 Å². The lowest BCUT2D eigenvalue weighted by Crippen LogP contribution is -2.22. The molecule has 7 heteroatoms. The van der Waals surface area contributed by atoms with Gasteiger partial charge in [-0.25, -0.2) is 0 Å². The number of hydrogen-bond donors (Lipinski definition) is 2. The van der Waals surface area contributed by atoms with Crippen LogP contribution in [-0.4, -0.2) is 41.3 Å². The Kier molecular flexibility index (Phi) is 7.99. The van der Waals surface area contributed by atoms with E-state index in [0.717, 1.165) is 43.1 Å². The summed E-state index contributed by atoms with van der Waals surface area (Å²) in [6.45, 7) is 11.5. The zero-order valence-electron chi connectivity index (χ0n) is 20.2. The van der Waals surface area contributed by atoms with Crippen molar-refractivity contribution in [2.75, 3.05) is 36.0 Å². The average molecular weight is 464 g/mol. The first-order chi connectivity index (χ1) is 16.3. The number of anilines is 2. The maximum absolute atomic E-state index is 11.2. The third-order valence-electron chi connectivity index (χ3n) is 6.34. The molecule has 0 aliphatic heterocycles. The molecule has 3 aromatic carbocycles. The lowest BCUT2D eigenvalue weighted by Gasteiger charge is -2.26. The predicted octanol–water partition coefficient (Wildman–Crippen LogP) is 5.88. The molecule has 0 fully saturated rings. The van der Waals surface area contributed by atoms with Crippen molar-refractivity contribution in [3.05, 3.63) is 87.5 Å². The fourth-order valence-corrected chi connectivity index (χ4v) is 4.44. The van der Waals surface area contributed by atoms with Crippen molar-refractivity contribution in [1.82, 2.24) is 0 Å². The number of nitro benzene ring substituents is 1. The number of rotatable bonds is 10. The summed E-state index contributed by atoms with van der Waals surface area (Å²) in [5.41, 5.74) is 3.79. The van der Waals surface area contributed by atoms with Gasteiger partial charge in [-0.3, -0.25) is 10.1 Å². The van der Waals surface area contributed by atoms with Crippen LogP contribution in [-0.2, 0) is 0 Å². The first-order valence-electron chi connectivity index (χ1n) is 11.7. The van der Waals surface area contributed by atoms with Gasteiger partial charge in [0.25, 0.3) is 5.69 Å². The van der Waals surface area contributed by atoms with Crippen molar-refractivity contribution in [2.45, 2.75) is 33.6 Å². The fourth-order valence-electron chi connectivity index (χ4n) is 4.44. The molecule has 3 rings (SSSR count). The van der Waals surface area contributed by atoms with Gasteiger partial charge < -0.3 is 20.0 Å². The third-order valence-corrected chi connectivity index (χ3v) is 6.34. The lowest BCUT2D eigenvalue weighted by molar-refractivity contribution is -0.384. The molecular weight excluding hydrogens is 430 g/mol. The van der Waals surface area contributed by atoms with Gasteiger partial charge in [0.1, 0.15) is 11.5 Å². The zero-order valence-corrected chi connectivity index (χ0v) is 20.2. The average Bonchev–Trinajstić information content (AvgIpc) is 2.83. The summed E-state index contributed by atoms with van der Waals surface area (Å²) in [5.74, 6) is -0.280. The van der Waals surface area contributed by atoms with Crippen LogP contribution in [0.2, 0.25) is 0 Å². The standard InChI is InChI=1S/C27H33N3O4/c1-5-28(6-2)21-13-15-23(25(31)17-21)27(19-9-11-20(12-10-19)30(33)34)24-16-14-22(18-26(24)32)29(7-3)8-4/h9-18,27,31-32H,5-8H2,1-4H3. The highest BCUT2D eigenvalue weighted by atomic mass is 16.6. The minimum absolute atomic E-state index is 0.00953. The Morgan fingerprint density at radius 3 is 1.47 bits per heavy atom. The van der Waals surface area contributed by atoms with Crippen LogP contribution in [0.1, 0.15) is 50.3 Å². The molecule has 3 aromatic rings. The molecule has 0 aliphatic carbocycles. The number of nitrogens with zero attached hydrogens (tertiary/aromatic N) is 3. The highest BCUT2D eigenvalue weighted by Crippen LogP contribution is 2.43. The molecule has 0 radical (unpaired) electrons. The molecule has 0 amide bonds. The van der Waals surface area contributed by atoms with Crippen LogP contribution in [0.15, 0.2) is 60.7 Å². The highest BCUT2D eigenvalue weighted by molar-refractivity contribution is 5.62. The molecule has 0 aromatic heterocycles. The number of nitro groups is 1. The molecule has 0 bridgehead atoms. The van der Waals surface area contributed by atoms with Crippen molar-refractivity contribution in [1.29, 1.82) is 0 Å². The molecule has 34 heavy (non-hydrogen) atoms. The fraction of sp³-hybridized carbons (Fsp3) is 0.333. The molecule has 180 valence electrons. The zero-order chi connectivity index (χ0) is 24.8. The van der Waals surface area contributed by atoms with E-state index in [-0.39, 0.29) is 17.2 Å². The van der Waals surface area contributed by atoms with Gasteiger partial charge in [-0.2, -0.15) is 0 Å². The minimum Gasteiger partial charge on any atom is -0.508 e. The van der Waals surface area contributed by atoms with Crippen LogP contribution < -0.4 is 9.80 Å². The molecule has 0 spiro atoms. The number of phenols is 2. The Morgan fingerprint density at radius 2 is 1.15 bits per heavy atom. The second kappa shape index (κ2) is 10.9. The Hall–Kier alpha value is -3.74. The number of non-ortho nitro benzene ring substituents is 1. The SMILES string of the molecule is CCN(CC)c1ccc(C(c2ccc([N+](=O)[O-])cc2)c2ccc(N(CC)CC)cc2O)c(O)c1. The number of benzene rings is 3. The van der Waals surface area contributed by atoms with Gasteiger partial charge in [0.05, 0.1) is 4.92 Å². The maximum Gasteiger partial charge on any atom is 0.269 e. The van der Waals surface area contributed by atoms with Crippen molar-refractivity contribution in [2.24, 2.45) is 0 Å². The van der Waals surface area contributed by atoms with Gasteiger partial charge in [-0.05, 0) is 45.4 Å². The van der Waals surface area contributed by atoms with Crippen LogP contribution in [0.25, 0.3) is 0 Å². The summed E-state index contributed by atoms with van der Waals surface area (Å²) in [6, 6.07) is 17.4. The van der Waals surface area contributed by atoms with E-state index < -0.39 is 10.8 Å². The normalized spacial score (nSPS) is 11.0. The van der Waals surface area contributed by atoms with E-state index in [2.05, 4.69) is 37.5 Å². The predicted molar refractivity (Wildman–Crippen MR) is 137 cm³/mol. The van der Waals surface area contributed by atoms with Crippen molar-refractivity contribution in [3.8, 4) is 11.5 Å². The molecule has 0 heterocycles. The van der Waals surface area contributed by atoms with Crippen LogP contribution in [0.5, 0.6) is 11.5 Å². The molecular formula is C27H33N3O4. The van der Waals surface area contributed by atoms with Crippen LogP contribution >= 0.6 is 0 Å². The van der Waals surface area contributed by atoms with Crippen LogP contribution in [0.3, 0.4) is 0 Å². The second-order valence-electron chi connectivity index (χ2n) is 8.11. The molecule has 0 unspecified atom stereocenters. The molecule has 0 atom stereocenters. The van der Waals surface area contributed by atoms with Crippen molar-refractivity contribution < 1.29 is 15.1 Å². The van der Waals surface area contributed by atoms with Gasteiger partial charge in [0.2, 0.25) is 0 Å². The Morgan fingerprint density at radius 1 is 0.735 bits per heavy atom. The molecule has 2 N–H and O–H groups in total. The van der Waals surface area contributed by atoms with Crippen LogP contribution in [0, 0.1) is 10.1 Å².